The number of phenols is 1. The van der Waals surface area contributed by atoms with E-state index in [1.54, 1.807) is 33.3 Å². The largest absolute Gasteiger partial charge is 0.500 e. The first kappa shape index (κ1) is 24.1. The summed E-state index contributed by atoms with van der Waals surface area (Å²) in [7, 11) is 3.10. The number of carbonyl (C=O) groups excluding carboxylic acids is 2. The van der Waals surface area contributed by atoms with Crippen LogP contribution in [0, 0.1) is 10.1 Å². The van der Waals surface area contributed by atoms with Crippen molar-refractivity contribution >= 4 is 17.4 Å². The monoisotopic (exact) mass is 482 g/mol. The maximum atomic E-state index is 13.5. The summed E-state index contributed by atoms with van der Waals surface area (Å²) in [5.74, 6) is -0.827. The number of aromatic hydroxyl groups is 1. The molecule has 184 valence electrons. The normalized spacial score (nSPS) is 19.6. The third kappa shape index (κ3) is 4.51. The van der Waals surface area contributed by atoms with Gasteiger partial charge in [-0.25, -0.2) is 0 Å². The highest BCUT2D eigenvalue weighted by molar-refractivity contribution is 6.02. The average Bonchev–Trinajstić information content (AvgIpc) is 2.83. The van der Waals surface area contributed by atoms with E-state index in [1.165, 1.54) is 12.1 Å². The second-order valence-corrected chi connectivity index (χ2v) is 8.41. The van der Waals surface area contributed by atoms with Gasteiger partial charge in [0.15, 0.2) is 11.5 Å². The van der Waals surface area contributed by atoms with Gasteiger partial charge in [0, 0.05) is 47.6 Å². The number of nitro groups is 1. The zero-order valence-corrected chi connectivity index (χ0v) is 19.6. The van der Waals surface area contributed by atoms with Crippen molar-refractivity contribution < 1.29 is 33.8 Å². The number of rotatable bonds is 7. The number of nitro benzene ring substituents is 1. The molecule has 1 aliphatic heterocycles. The summed E-state index contributed by atoms with van der Waals surface area (Å²) >= 11 is 0. The minimum atomic E-state index is -0.715. The molecule has 2 aliphatic rings. The number of ketones is 1. The van der Waals surface area contributed by atoms with E-state index in [1.807, 2.05) is 6.07 Å². The molecule has 0 aromatic heterocycles. The molecule has 2 aromatic carbocycles. The number of carbonyl (C=O) groups is 2. The Morgan fingerprint density at radius 2 is 1.86 bits per heavy atom. The van der Waals surface area contributed by atoms with Gasteiger partial charge < -0.3 is 24.6 Å². The SMILES string of the molecule is CCOc1cc([C@@H]2CC(=O)NC3=C2C(=O)C[C@H](c2cc(OC)ccc2OC)C3)cc([N+](=O)[O-])c1O. The number of hydrogen-bond donors (Lipinski definition) is 2. The van der Waals surface area contributed by atoms with Gasteiger partial charge in [-0.15, -0.1) is 0 Å². The van der Waals surface area contributed by atoms with Gasteiger partial charge in [-0.2, -0.15) is 0 Å². The number of phenolic OH excluding ortho intramolecular Hbond substituents is 1. The number of benzene rings is 2. The Hall–Kier alpha value is -4.08. The average molecular weight is 482 g/mol. The Morgan fingerprint density at radius 1 is 1.09 bits per heavy atom. The molecule has 1 amide bonds. The molecule has 0 unspecified atom stereocenters. The van der Waals surface area contributed by atoms with Crippen molar-refractivity contribution in [1.82, 2.24) is 5.32 Å². The molecule has 0 bridgehead atoms. The smallest absolute Gasteiger partial charge is 0.314 e. The second kappa shape index (κ2) is 9.65. The standard InChI is InChI=1S/C25H26N2O8/c1-4-35-22-10-14(8-19(25(22)30)27(31)32)17-12-23(29)26-18-7-13(9-20(28)24(17)18)16-11-15(33-2)5-6-21(16)34-3/h5-6,8,10-11,13,17,30H,4,7,9,12H2,1-3H3,(H,26,29)/t13-,17+/m1/s1. The molecule has 2 N–H and O–H groups in total. The lowest BCUT2D eigenvalue weighted by Crippen LogP contribution is -2.38. The zero-order valence-electron chi connectivity index (χ0n) is 19.6. The Balaban J connectivity index is 1.78. The van der Waals surface area contributed by atoms with Gasteiger partial charge in [-0.3, -0.25) is 19.7 Å². The summed E-state index contributed by atoms with van der Waals surface area (Å²) in [5, 5.41) is 24.6. The maximum absolute atomic E-state index is 13.5. The van der Waals surface area contributed by atoms with Crippen molar-refractivity contribution in [3.05, 3.63) is 62.8 Å². The molecule has 0 saturated heterocycles. The molecule has 1 heterocycles. The van der Waals surface area contributed by atoms with Gasteiger partial charge in [0.25, 0.3) is 0 Å². The lowest BCUT2D eigenvalue weighted by atomic mass is 9.73. The number of nitrogens with one attached hydrogen (secondary N) is 1. The quantitative estimate of drug-likeness (QED) is 0.450. The number of allylic oxidation sites excluding steroid dienone is 2. The Morgan fingerprint density at radius 3 is 2.51 bits per heavy atom. The lowest BCUT2D eigenvalue weighted by Gasteiger charge is -2.35. The van der Waals surface area contributed by atoms with E-state index in [0.29, 0.717) is 34.8 Å². The predicted octanol–water partition coefficient (Wildman–Crippen LogP) is 3.72. The predicted molar refractivity (Wildman–Crippen MR) is 125 cm³/mol. The summed E-state index contributed by atoms with van der Waals surface area (Å²) in [5.41, 5.74) is 1.53. The van der Waals surface area contributed by atoms with Crippen LogP contribution in [0.15, 0.2) is 41.6 Å². The Bertz CT molecular complexity index is 1240. The van der Waals surface area contributed by atoms with Gasteiger partial charge in [0.05, 0.1) is 25.7 Å². The number of amides is 1. The minimum Gasteiger partial charge on any atom is -0.500 e. The first-order valence-corrected chi connectivity index (χ1v) is 11.2. The van der Waals surface area contributed by atoms with Crippen molar-refractivity contribution in [1.29, 1.82) is 0 Å². The maximum Gasteiger partial charge on any atom is 0.314 e. The number of hydrogen-bond acceptors (Lipinski definition) is 8. The summed E-state index contributed by atoms with van der Waals surface area (Å²) in [6, 6.07) is 8.03. The number of nitrogens with zero attached hydrogens (tertiary/aromatic N) is 1. The molecule has 0 saturated carbocycles. The van der Waals surface area contributed by atoms with Crippen molar-refractivity contribution in [3.63, 3.8) is 0 Å². The van der Waals surface area contributed by atoms with E-state index in [4.69, 9.17) is 14.2 Å². The van der Waals surface area contributed by atoms with Crippen LogP contribution in [0.5, 0.6) is 23.0 Å². The van der Waals surface area contributed by atoms with Crippen LogP contribution in [0.4, 0.5) is 5.69 Å². The highest BCUT2D eigenvalue weighted by Crippen LogP contribution is 2.47. The third-order valence-electron chi connectivity index (χ3n) is 6.39. The number of methoxy groups -OCH3 is 2. The molecule has 0 radical (unpaired) electrons. The van der Waals surface area contributed by atoms with Crippen LogP contribution in [0.2, 0.25) is 0 Å². The van der Waals surface area contributed by atoms with Gasteiger partial charge in [0.2, 0.25) is 11.7 Å². The topological polar surface area (TPSA) is 137 Å². The van der Waals surface area contributed by atoms with Crippen LogP contribution >= 0.6 is 0 Å². The van der Waals surface area contributed by atoms with E-state index < -0.39 is 22.3 Å². The van der Waals surface area contributed by atoms with Crippen LogP contribution in [0.25, 0.3) is 0 Å². The number of ether oxygens (including phenoxy) is 3. The van der Waals surface area contributed by atoms with Crippen molar-refractivity contribution in [2.24, 2.45) is 0 Å². The first-order valence-electron chi connectivity index (χ1n) is 11.2. The molecule has 1 aliphatic carbocycles. The molecular formula is C25H26N2O8. The van der Waals surface area contributed by atoms with E-state index in [9.17, 15) is 24.8 Å². The van der Waals surface area contributed by atoms with Crippen LogP contribution in [0.3, 0.4) is 0 Å². The van der Waals surface area contributed by atoms with Crippen LogP contribution in [-0.2, 0) is 9.59 Å². The first-order chi connectivity index (χ1) is 16.8. The lowest BCUT2D eigenvalue weighted by molar-refractivity contribution is -0.386. The van der Waals surface area contributed by atoms with Crippen LogP contribution in [-0.4, -0.2) is 42.5 Å². The van der Waals surface area contributed by atoms with Gasteiger partial charge in [0.1, 0.15) is 11.5 Å². The van der Waals surface area contributed by atoms with E-state index >= 15 is 0 Å². The fourth-order valence-corrected chi connectivity index (χ4v) is 4.84. The summed E-state index contributed by atoms with van der Waals surface area (Å²) in [4.78, 5) is 36.9. The van der Waals surface area contributed by atoms with Crippen molar-refractivity contribution in [2.45, 2.75) is 38.0 Å². The molecule has 0 spiro atoms. The van der Waals surface area contributed by atoms with E-state index in [-0.39, 0.29) is 42.8 Å². The Kier molecular flexibility index (Phi) is 6.63. The molecule has 35 heavy (non-hydrogen) atoms. The molecule has 10 nitrogen and oxygen atoms in total. The number of Topliss-reactive ketones (excluding diaryl/α,β-unsaturated/α-hetero) is 1. The second-order valence-electron chi connectivity index (χ2n) is 8.41. The molecular weight excluding hydrogens is 456 g/mol. The van der Waals surface area contributed by atoms with Crippen molar-refractivity contribution in [3.8, 4) is 23.0 Å². The fourth-order valence-electron chi connectivity index (χ4n) is 4.84. The van der Waals surface area contributed by atoms with Gasteiger partial charge in [-0.05, 0) is 43.2 Å². The Labute approximate surface area is 201 Å². The minimum absolute atomic E-state index is 0.0504. The molecule has 10 heteroatoms. The summed E-state index contributed by atoms with van der Waals surface area (Å²) in [6.45, 7) is 1.86. The summed E-state index contributed by atoms with van der Waals surface area (Å²) < 4.78 is 16.2. The van der Waals surface area contributed by atoms with E-state index in [0.717, 1.165) is 5.56 Å². The fraction of sp³-hybridized carbons (Fsp3) is 0.360. The highest BCUT2D eigenvalue weighted by atomic mass is 16.6. The molecule has 2 aromatic rings. The summed E-state index contributed by atoms with van der Waals surface area (Å²) in [6.07, 6.45) is 0.504. The van der Waals surface area contributed by atoms with E-state index in [2.05, 4.69) is 5.32 Å². The molecule has 4 rings (SSSR count). The van der Waals surface area contributed by atoms with Crippen LogP contribution in [0.1, 0.15) is 49.1 Å². The van der Waals surface area contributed by atoms with Crippen LogP contribution < -0.4 is 19.5 Å². The molecule has 0 fully saturated rings. The third-order valence-corrected chi connectivity index (χ3v) is 6.39. The zero-order chi connectivity index (χ0) is 25.3. The molecule has 2 atom stereocenters. The van der Waals surface area contributed by atoms with Gasteiger partial charge >= 0.3 is 5.69 Å². The van der Waals surface area contributed by atoms with Crippen molar-refractivity contribution in [2.75, 3.05) is 20.8 Å². The highest BCUT2D eigenvalue weighted by Gasteiger charge is 2.40. The van der Waals surface area contributed by atoms with Gasteiger partial charge in [-0.1, -0.05) is 0 Å².